The van der Waals surface area contributed by atoms with Gasteiger partial charge in [-0.3, -0.25) is 15.1 Å². The second kappa shape index (κ2) is 10.1. The van der Waals surface area contributed by atoms with Crippen LogP contribution in [-0.2, 0) is 0 Å². The van der Waals surface area contributed by atoms with Crippen LogP contribution < -0.4 is 5.32 Å². The number of hydrogen-bond acceptors (Lipinski definition) is 6. The van der Waals surface area contributed by atoms with Crippen molar-refractivity contribution in [2.75, 3.05) is 25.5 Å². The summed E-state index contributed by atoms with van der Waals surface area (Å²) in [5, 5.41) is 13.3. The molecule has 40 heavy (non-hydrogen) atoms. The molecule has 3 N–H and O–H groups in total. The summed E-state index contributed by atoms with van der Waals surface area (Å²) < 4.78 is 0. The van der Waals surface area contributed by atoms with Gasteiger partial charge in [-0.25, -0.2) is 4.98 Å². The van der Waals surface area contributed by atoms with Crippen molar-refractivity contribution in [1.82, 2.24) is 35.0 Å². The number of allylic oxidation sites excluding steroid dienone is 1. The number of H-pyrrole nitrogens is 2. The number of fused-ring (bicyclic) bond motifs is 2. The van der Waals surface area contributed by atoms with E-state index in [2.05, 4.69) is 96.4 Å². The van der Waals surface area contributed by atoms with E-state index in [9.17, 15) is 0 Å². The van der Waals surface area contributed by atoms with Crippen LogP contribution in [0.2, 0.25) is 0 Å². The third-order valence-electron chi connectivity index (χ3n) is 7.90. The average Bonchev–Trinajstić information content (AvgIpc) is 3.62. The van der Waals surface area contributed by atoms with Crippen molar-refractivity contribution in [3.63, 3.8) is 0 Å². The lowest BCUT2D eigenvalue weighted by Gasteiger charge is -2.30. The van der Waals surface area contributed by atoms with Gasteiger partial charge >= 0.3 is 0 Å². The molecule has 1 saturated heterocycles. The molecule has 0 unspecified atom stereocenters. The average molecular weight is 527 g/mol. The zero-order valence-electron chi connectivity index (χ0n) is 22.4. The largest absolute Gasteiger partial charge is 0.358 e. The summed E-state index contributed by atoms with van der Waals surface area (Å²) in [5.41, 5.74) is 9.74. The number of rotatable bonds is 6. The molecule has 0 atom stereocenters. The fourth-order valence-electron chi connectivity index (χ4n) is 5.64. The number of piperidine rings is 1. The fourth-order valence-corrected chi connectivity index (χ4v) is 5.64. The number of likely N-dealkylation sites (tertiary alicyclic amines) is 1. The smallest absolute Gasteiger partial charge is 0.181 e. The molecule has 8 nitrogen and oxygen atoms in total. The van der Waals surface area contributed by atoms with E-state index in [0.29, 0.717) is 11.6 Å². The van der Waals surface area contributed by atoms with Gasteiger partial charge in [0.1, 0.15) is 0 Å². The summed E-state index contributed by atoms with van der Waals surface area (Å²) in [4.78, 5) is 19.4. The third kappa shape index (κ3) is 4.52. The minimum atomic E-state index is 0.473. The minimum absolute atomic E-state index is 0.473. The first-order valence-corrected chi connectivity index (χ1v) is 13.6. The Morgan fingerprint density at radius 1 is 0.925 bits per heavy atom. The van der Waals surface area contributed by atoms with Gasteiger partial charge in [0.05, 0.1) is 23.3 Å². The van der Waals surface area contributed by atoms with Crippen molar-refractivity contribution in [1.29, 1.82) is 0 Å². The molecule has 0 radical (unpaired) electrons. The second-order valence-electron chi connectivity index (χ2n) is 10.6. The van der Waals surface area contributed by atoms with Crippen LogP contribution in [0.3, 0.4) is 0 Å². The Balaban J connectivity index is 1.20. The molecular formula is C32H30N8. The summed E-state index contributed by atoms with van der Waals surface area (Å²) in [6.45, 7) is 6.54. The summed E-state index contributed by atoms with van der Waals surface area (Å²) in [6.07, 6.45) is 11.5. The van der Waals surface area contributed by atoms with Crippen LogP contribution in [0.4, 0.5) is 5.69 Å². The third-order valence-corrected chi connectivity index (χ3v) is 7.90. The minimum Gasteiger partial charge on any atom is -0.358 e. The van der Waals surface area contributed by atoms with Gasteiger partial charge in [0.15, 0.2) is 5.65 Å². The predicted molar refractivity (Wildman–Crippen MR) is 161 cm³/mol. The number of hydrogen-bond donors (Lipinski definition) is 3. The number of aromatic amines is 2. The van der Waals surface area contributed by atoms with Gasteiger partial charge in [0.25, 0.3) is 0 Å². The molecule has 1 aliphatic heterocycles. The Bertz CT molecular complexity index is 1830. The van der Waals surface area contributed by atoms with Crippen molar-refractivity contribution in [3.05, 3.63) is 91.8 Å². The van der Waals surface area contributed by atoms with Crippen molar-refractivity contribution in [2.24, 2.45) is 5.92 Å². The van der Waals surface area contributed by atoms with E-state index < -0.39 is 0 Å². The van der Waals surface area contributed by atoms with Crippen LogP contribution in [0, 0.1) is 5.92 Å². The number of pyridine rings is 3. The maximum Gasteiger partial charge on any atom is 0.181 e. The highest BCUT2D eigenvalue weighted by Crippen LogP contribution is 2.35. The van der Waals surface area contributed by atoms with Gasteiger partial charge in [0, 0.05) is 69.4 Å². The van der Waals surface area contributed by atoms with Crippen LogP contribution in [0.1, 0.15) is 12.8 Å². The van der Waals surface area contributed by atoms with Gasteiger partial charge in [-0.15, -0.1) is 0 Å². The topological polar surface area (TPSA) is 98.4 Å². The molecule has 1 aliphatic rings. The molecule has 5 aromatic heterocycles. The number of anilines is 1. The monoisotopic (exact) mass is 526 g/mol. The normalized spacial score (nSPS) is 14.6. The van der Waals surface area contributed by atoms with E-state index in [4.69, 9.17) is 0 Å². The lowest BCUT2D eigenvalue weighted by Crippen LogP contribution is -2.31. The highest BCUT2D eigenvalue weighted by atomic mass is 15.2. The molecule has 0 saturated carbocycles. The van der Waals surface area contributed by atoms with Crippen LogP contribution >= 0.6 is 0 Å². The molecule has 1 fully saturated rings. The molecular weight excluding hydrogens is 496 g/mol. The van der Waals surface area contributed by atoms with Crippen LogP contribution in [0.5, 0.6) is 0 Å². The van der Waals surface area contributed by atoms with Crippen LogP contribution in [0.15, 0.2) is 91.8 Å². The van der Waals surface area contributed by atoms with Gasteiger partial charge < -0.3 is 15.2 Å². The van der Waals surface area contributed by atoms with Gasteiger partial charge in [-0.1, -0.05) is 24.8 Å². The molecule has 6 aromatic rings. The summed E-state index contributed by atoms with van der Waals surface area (Å²) in [5.74, 6) is 0.473. The van der Waals surface area contributed by atoms with E-state index in [1.165, 1.54) is 0 Å². The molecule has 0 aliphatic carbocycles. The summed E-state index contributed by atoms with van der Waals surface area (Å²) in [7, 11) is 2.17. The molecule has 0 spiro atoms. The van der Waals surface area contributed by atoms with Crippen molar-refractivity contribution in [2.45, 2.75) is 12.8 Å². The first kappa shape index (κ1) is 24.2. The first-order valence-electron chi connectivity index (χ1n) is 13.6. The van der Waals surface area contributed by atoms with E-state index >= 15 is 0 Å². The number of aromatic nitrogens is 6. The molecule has 198 valence electrons. The van der Waals surface area contributed by atoms with Crippen molar-refractivity contribution < 1.29 is 0 Å². The molecule has 6 heterocycles. The molecule has 7 rings (SSSR count). The van der Waals surface area contributed by atoms with Gasteiger partial charge in [-0.2, -0.15) is 5.10 Å². The molecule has 0 bridgehead atoms. The van der Waals surface area contributed by atoms with Gasteiger partial charge in [0.2, 0.25) is 0 Å². The number of benzene rings is 1. The quantitative estimate of drug-likeness (QED) is 0.229. The lowest BCUT2D eigenvalue weighted by atomic mass is 9.94. The maximum absolute atomic E-state index is 4.66. The Hall–Kier alpha value is -4.82. The molecule has 8 heteroatoms. The Morgan fingerprint density at radius 2 is 1.77 bits per heavy atom. The fraction of sp³-hybridized carbons (Fsp3) is 0.188. The standard InChI is InChI=1S/C32H30N8/c1-20(21-8-11-40(2)12-9-21)36-25-13-23(17-34-19-25)24-14-28-31(38-39-32(28)35-18-24)30-15-27-26(6-3-7-29(27)37-30)22-5-4-10-33-16-22/h3-7,10,13-19,21,36-37H,1,8-9,11-12H2,2H3,(H,35,38,39). The van der Waals surface area contributed by atoms with E-state index in [1.807, 2.05) is 30.9 Å². The number of nitrogens with one attached hydrogen (secondary N) is 3. The van der Waals surface area contributed by atoms with Crippen molar-refractivity contribution >= 4 is 27.6 Å². The van der Waals surface area contributed by atoms with E-state index in [0.717, 1.165) is 87.2 Å². The summed E-state index contributed by atoms with van der Waals surface area (Å²) in [6, 6.07) is 16.7. The number of nitrogens with zero attached hydrogens (tertiary/aromatic N) is 5. The first-order chi connectivity index (χ1) is 19.6. The molecule has 1 aromatic carbocycles. The highest BCUT2D eigenvalue weighted by Gasteiger charge is 2.20. The van der Waals surface area contributed by atoms with Crippen LogP contribution in [-0.4, -0.2) is 55.2 Å². The SMILES string of the molecule is C=C(Nc1cncc(-c2cnc3n[nH]c(-c4cc5c(-c6cccnc6)cccc5[nH]4)c3c2)c1)C1CCN(C)CC1. The van der Waals surface area contributed by atoms with Gasteiger partial charge in [-0.05, 0) is 68.9 Å². The lowest BCUT2D eigenvalue weighted by molar-refractivity contribution is 0.239. The Kier molecular flexibility index (Phi) is 6.09. The zero-order valence-corrected chi connectivity index (χ0v) is 22.4. The Labute approximate surface area is 232 Å². The predicted octanol–water partition coefficient (Wildman–Crippen LogP) is 6.50. The highest BCUT2D eigenvalue weighted by molar-refractivity contribution is 6.01. The van der Waals surface area contributed by atoms with E-state index in [1.54, 1.807) is 6.20 Å². The molecule has 0 amide bonds. The Morgan fingerprint density at radius 3 is 2.62 bits per heavy atom. The zero-order chi connectivity index (χ0) is 27.1. The van der Waals surface area contributed by atoms with Crippen molar-refractivity contribution in [3.8, 4) is 33.6 Å². The summed E-state index contributed by atoms with van der Waals surface area (Å²) >= 11 is 0. The maximum atomic E-state index is 4.66. The second-order valence-corrected chi connectivity index (χ2v) is 10.6. The van der Waals surface area contributed by atoms with Crippen LogP contribution in [0.25, 0.3) is 55.6 Å². The van der Waals surface area contributed by atoms with E-state index in [-0.39, 0.29) is 0 Å².